The molecule has 2 amide bonds. The number of carbonyl (C=O) groups excluding carboxylic acids is 4. The summed E-state index contributed by atoms with van der Waals surface area (Å²) in [4.78, 5) is 60.8. The maximum Gasteiger partial charge on any atom is 0.511 e. The van der Waals surface area contributed by atoms with Crippen LogP contribution in [-0.4, -0.2) is 90.2 Å². The molecular weight excluding hydrogens is 530 g/mol. The number of hydrogen-bond acceptors (Lipinski definition) is 14. The van der Waals surface area contributed by atoms with Crippen molar-refractivity contribution in [2.45, 2.75) is 50.6 Å². The first-order valence-electron chi connectivity index (χ1n) is 10.9. The minimum Gasteiger partial charge on any atom is -0.431 e. The van der Waals surface area contributed by atoms with E-state index >= 15 is 0 Å². The lowest BCUT2D eigenvalue weighted by Crippen LogP contribution is -2.74. The van der Waals surface area contributed by atoms with Crippen molar-refractivity contribution in [1.82, 2.24) is 15.2 Å². The number of nitrogens with one attached hydrogen (secondary N) is 1. The van der Waals surface area contributed by atoms with Crippen LogP contribution in [0.1, 0.15) is 26.5 Å². The second-order valence-corrected chi connectivity index (χ2v) is 9.86. The summed E-state index contributed by atoms with van der Waals surface area (Å²) in [5, 5.41) is 9.13. The molecule has 0 radical (unpaired) electrons. The number of esters is 1. The Morgan fingerprint density at radius 1 is 1.22 bits per heavy atom. The van der Waals surface area contributed by atoms with Gasteiger partial charge in [0.2, 0.25) is 12.2 Å². The van der Waals surface area contributed by atoms with Crippen LogP contribution < -0.4 is 11.1 Å². The highest BCUT2D eigenvalue weighted by Crippen LogP contribution is 2.40. The topological polar surface area (TPSA) is 181 Å². The van der Waals surface area contributed by atoms with Gasteiger partial charge in [0.05, 0.1) is 12.7 Å². The van der Waals surface area contributed by atoms with E-state index in [1.165, 1.54) is 43.2 Å². The standard InChI is InChI=1S/C21H27N5O9S2/c1-9(2)33-21(30)35-10(3)34-19(29)15-11(6-31-4)7-36-18-14(17(28)26(15)18)24-16(27)13(25-32-5)12-8-37-20(22)23-12/h7-10,14-15,18H,6H2,1-5H3,(H2,22,23)(H,24,27)/b25-13-/t10?,14-,15?,18-/m1/s1. The van der Waals surface area contributed by atoms with E-state index in [1.807, 2.05) is 0 Å². The Morgan fingerprint density at radius 2 is 1.95 bits per heavy atom. The Morgan fingerprint density at radius 3 is 2.54 bits per heavy atom. The van der Waals surface area contributed by atoms with Gasteiger partial charge in [-0.25, -0.2) is 14.6 Å². The summed E-state index contributed by atoms with van der Waals surface area (Å²) in [7, 11) is 2.71. The molecule has 0 spiro atoms. The average molecular weight is 558 g/mol. The number of thioether (sulfide) groups is 1. The van der Waals surface area contributed by atoms with Crippen LogP contribution in [0.4, 0.5) is 9.93 Å². The van der Waals surface area contributed by atoms with Crippen molar-refractivity contribution in [3.8, 4) is 0 Å². The van der Waals surface area contributed by atoms with Gasteiger partial charge in [-0.3, -0.25) is 9.59 Å². The number of nitrogens with zero attached hydrogens (tertiary/aromatic N) is 3. The first-order valence-corrected chi connectivity index (χ1v) is 12.8. The van der Waals surface area contributed by atoms with Crippen molar-refractivity contribution in [3.63, 3.8) is 0 Å². The summed E-state index contributed by atoms with van der Waals surface area (Å²) in [5.41, 5.74) is 6.14. The Kier molecular flexibility index (Phi) is 9.34. The summed E-state index contributed by atoms with van der Waals surface area (Å²) < 4.78 is 20.2. The summed E-state index contributed by atoms with van der Waals surface area (Å²) in [6.07, 6.45) is -2.70. The largest absolute Gasteiger partial charge is 0.511 e. The van der Waals surface area contributed by atoms with Gasteiger partial charge in [0.1, 0.15) is 24.2 Å². The molecule has 37 heavy (non-hydrogen) atoms. The molecule has 3 N–H and O–H groups in total. The second-order valence-electron chi connectivity index (χ2n) is 7.98. The SMILES string of the molecule is COCC1=CS[C@@H]2[C@H](NC(=O)/C(=N\OC)c3csc(N)n3)C(=O)N2C1C(=O)OC(C)OC(=O)OC(C)C. The predicted molar refractivity (Wildman–Crippen MR) is 132 cm³/mol. The molecule has 2 aliphatic heterocycles. The highest BCUT2D eigenvalue weighted by Gasteiger charge is 2.56. The number of nitrogens with two attached hydrogens (primary N) is 1. The summed E-state index contributed by atoms with van der Waals surface area (Å²) in [6.45, 7) is 4.67. The number of β-lactam (4-membered cyclic amide) rings is 1. The zero-order valence-electron chi connectivity index (χ0n) is 20.7. The van der Waals surface area contributed by atoms with Gasteiger partial charge in [-0.2, -0.15) is 0 Å². The number of thiazole rings is 1. The number of methoxy groups -OCH3 is 1. The first-order chi connectivity index (χ1) is 17.6. The van der Waals surface area contributed by atoms with Gasteiger partial charge in [0.25, 0.3) is 5.91 Å². The molecule has 16 heteroatoms. The molecular formula is C21H27N5O9S2. The molecule has 0 aromatic carbocycles. The average Bonchev–Trinajstić information content (AvgIpc) is 3.25. The summed E-state index contributed by atoms with van der Waals surface area (Å²) >= 11 is 2.34. The van der Waals surface area contributed by atoms with Crippen molar-refractivity contribution in [3.05, 3.63) is 22.1 Å². The Bertz CT molecular complexity index is 1110. The maximum absolute atomic E-state index is 13.1. The number of ether oxygens (including phenoxy) is 4. The van der Waals surface area contributed by atoms with E-state index in [-0.39, 0.29) is 23.1 Å². The van der Waals surface area contributed by atoms with Crippen LogP contribution in [0.15, 0.2) is 21.5 Å². The van der Waals surface area contributed by atoms with E-state index in [0.29, 0.717) is 5.57 Å². The molecule has 1 fully saturated rings. The van der Waals surface area contributed by atoms with Crippen LogP contribution in [0.2, 0.25) is 0 Å². The minimum absolute atomic E-state index is 0.0425. The van der Waals surface area contributed by atoms with E-state index in [9.17, 15) is 19.2 Å². The third-order valence-electron chi connectivity index (χ3n) is 4.93. The Labute approximate surface area is 220 Å². The number of amides is 2. The normalized spacial score (nSPS) is 21.8. The number of hydrogen-bond donors (Lipinski definition) is 2. The molecule has 0 saturated carbocycles. The van der Waals surface area contributed by atoms with Crippen LogP contribution in [0, 0.1) is 0 Å². The highest BCUT2D eigenvalue weighted by atomic mass is 32.2. The van der Waals surface area contributed by atoms with Crippen molar-refractivity contribution >= 4 is 57.9 Å². The van der Waals surface area contributed by atoms with Gasteiger partial charge in [-0.05, 0) is 24.8 Å². The third kappa shape index (κ3) is 6.50. The zero-order chi connectivity index (χ0) is 27.3. The van der Waals surface area contributed by atoms with E-state index in [2.05, 4.69) is 15.5 Å². The molecule has 0 bridgehead atoms. The molecule has 202 valence electrons. The van der Waals surface area contributed by atoms with Crippen LogP contribution in [0.5, 0.6) is 0 Å². The molecule has 1 aromatic rings. The lowest BCUT2D eigenvalue weighted by molar-refractivity contribution is -0.179. The van der Waals surface area contributed by atoms with Crippen molar-refractivity contribution < 1.29 is 43.0 Å². The van der Waals surface area contributed by atoms with E-state index in [0.717, 1.165) is 11.3 Å². The van der Waals surface area contributed by atoms with Gasteiger partial charge in [-0.1, -0.05) is 5.16 Å². The van der Waals surface area contributed by atoms with E-state index < -0.39 is 53.8 Å². The second kappa shape index (κ2) is 12.2. The Hall–Kier alpha value is -3.37. The molecule has 4 atom stereocenters. The number of anilines is 1. The molecule has 14 nitrogen and oxygen atoms in total. The van der Waals surface area contributed by atoms with E-state index in [1.54, 1.807) is 19.3 Å². The number of rotatable bonds is 10. The molecule has 1 aromatic heterocycles. The zero-order valence-corrected chi connectivity index (χ0v) is 22.3. The fourth-order valence-electron chi connectivity index (χ4n) is 3.49. The third-order valence-corrected chi connectivity index (χ3v) is 6.82. The van der Waals surface area contributed by atoms with Crippen LogP contribution in [0.3, 0.4) is 0 Å². The predicted octanol–water partition coefficient (Wildman–Crippen LogP) is 0.825. The van der Waals surface area contributed by atoms with Crippen LogP contribution in [-0.2, 0) is 38.2 Å². The van der Waals surface area contributed by atoms with Crippen LogP contribution >= 0.6 is 23.1 Å². The monoisotopic (exact) mass is 557 g/mol. The van der Waals surface area contributed by atoms with Crippen molar-refractivity contribution in [2.24, 2.45) is 5.16 Å². The van der Waals surface area contributed by atoms with E-state index in [4.69, 9.17) is 29.5 Å². The van der Waals surface area contributed by atoms with Gasteiger partial charge in [-0.15, -0.1) is 23.1 Å². The maximum atomic E-state index is 13.1. The summed E-state index contributed by atoms with van der Waals surface area (Å²) in [5.74, 6) is -2.07. The molecule has 3 heterocycles. The van der Waals surface area contributed by atoms with Gasteiger partial charge >= 0.3 is 12.1 Å². The fraction of sp³-hybridized carbons (Fsp3) is 0.524. The van der Waals surface area contributed by atoms with Gasteiger partial charge in [0.15, 0.2) is 16.9 Å². The minimum atomic E-state index is -1.28. The lowest BCUT2D eigenvalue weighted by Gasteiger charge is -2.51. The Balaban J connectivity index is 1.73. The fourth-order valence-corrected chi connectivity index (χ4v) is 5.25. The highest BCUT2D eigenvalue weighted by molar-refractivity contribution is 8.03. The molecule has 1 saturated heterocycles. The number of fused-ring (bicyclic) bond motifs is 1. The lowest BCUT2D eigenvalue weighted by atomic mass is 9.98. The number of carbonyl (C=O) groups is 4. The van der Waals surface area contributed by atoms with Crippen molar-refractivity contribution in [1.29, 1.82) is 0 Å². The molecule has 3 rings (SSSR count). The number of aromatic nitrogens is 1. The van der Waals surface area contributed by atoms with Crippen molar-refractivity contribution in [2.75, 3.05) is 26.6 Å². The smallest absolute Gasteiger partial charge is 0.431 e. The number of oxime groups is 1. The quantitative estimate of drug-likeness (QED) is 0.136. The molecule has 0 aliphatic carbocycles. The van der Waals surface area contributed by atoms with Gasteiger partial charge in [0, 0.05) is 19.4 Å². The molecule has 2 aliphatic rings. The van der Waals surface area contributed by atoms with Gasteiger partial charge < -0.3 is 39.7 Å². The first kappa shape index (κ1) is 28.2. The molecule has 2 unspecified atom stereocenters. The number of nitrogen functional groups attached to an aromatic ring is 1. The summed E-state index contributed by atoms with van der Waals surface area (Å²) in [6, 6.07) is -2.12. The van der Waals surface area contributed by atoms with Crippen LogP contribution in [0.25, 0.3) is 0 Å².